The van der Waals surface area contributed by atoms with Crippen LogP contribution in [0.15, 0.2) is 19.2 Å². The molecule has 17 heteroatoms. The van der Waals surface area contributed by atoms with Crippen LogP contribution in [0, 0.1) is 0 Å². The summed E-state index contributed by atoms with van der Waals surface area (Å²) < 4.78 is 23.1. The van der Waals surface area contributed by atoms with Gasteiger partial charge in [0.1, 0.15) is 0 Å². The number of ether oxygens (including phenoxy) is 3. The maximum atomic E-state index is 12.8. The molecule has 2 fully saturated rings. The lowest BCUT2D eigenvalue weighted by atomic mass is 10.4. The van der Waals surface area contributed by atoms with Gasteiger partial charge in [-0.25, -0.2) is 9.59 Å². The quantitative estimate of drug-likeness (QED) is 0.214. The Hall–Kier alpha value is -4.22. The number of aryl methyl sites for hydroxylation is 2. The first-order chi connectivity index (χ1) is 19.8. The number of hydrogen-bond donors (Lipinski definition) is 2. The highest BCUT2D eigenvalue weighted by Crippen LogP contribution is 2.22. The summed E-state index contributed by atoms with van der Waals surface area (Å²) in [5.74, 6) is 1.14. The van der Waals surface area contributed by atoms with Crippen LogP contribution in [0.5, 0.6) is 0 Å². The van der Waals surface area contributed by atoms with Crippen molar-refractivity contribution in [1.82, 2.24) is 38.2 Å². The summed E-state index contributed by atoms with van der Waals surface area (Å²) in [6.45, 7) is 5.62. The van der Waals surface area contributed by atoms with Gasteiger partial charge in [0, 0.05) is 53.4 Å². The Labute approximate surface area is 231 Å². The second-order valence-electron chi connectivity index (χ2n) is 9.92. The molecule has 0 saturated carbocycles. The fourth-order valence-electron chi connectivity index (χ4n) is 5.29. The topological polar surface area (TPSA) is 180 Å². The van der Waals surface area contributed by atoms with Gasteiger partial charge in [0.25, 0.3) is 11.1 Å². The van der Waals surface area contributed by atoms with Gasteiger partial charge in [-0.05, 0) is 0 Å². The van der Waals surface area contributed by atoms with Gasteiger partial charge < -0.3 is 33.1 Å². The molecule has 0 amide bonds. The first kappa shape index (κ1) is 27.0. The van der Waals surface area contributed by atoms with Crippen LogP contribution in [-0.2, 0) is 41.4 Å². The van der Waals surface area contributed by atoms with E-state index in [0.29, 0.717) is 99.9 Å². The fourth-order valence-corrected chi connectivity index (χ4v) is 5.29. The highest BCUT2D eigenvalue weighted by molar-refractivity contribution is 5.75. The molecule has 4 aromatic rings. The zero-order chi connectivity index (χ0) is 28.7. The van der Waals surface area contributed by atoms with E-state index >= 15 is 0 Å². The molecule has 2 aliphatic rings. The molecule has 41 heavy (non-hydrogen) atoms. The Morgan fingerprint density at radius 2 is 1.07 bits per heavy atom. The Bertz CT molecular complexity index is 1680. The highest BCUT2D eigenvalue weighted by Gasteiger charge is 2.24. The predicted octanol–water partition coefficient (Wildman–Crippen LogP) is -2.45. The zero-order valence-corrected chi connectivity index (χ0v) is 22.9. The summed E-state index contributed by atoms with van der Waals surface area (Å²) in [7, 11) is 3.13. The van der Waals surface area contributed by atoms with Crippen molar-refractivity contribution in [3.63, 3.8) is 0 Å². The van der Waals surface area contributed by atoms with Crippen molar-refractivity contribution in [2.24, 2.45) is 14.1 Å². The number of nitrogens with one attached hydrogen (secondary N) is 2. The maximum absolute atomic E-state index is 12.8. The number of imidazole rings is 2. The van der Waals surface area contributed by atoms with Gasteiger partial charge >= 0.3 is 11.4 Å². The van der Waals surface area contributed by atoms with Gasteiger partial charge in [-0.1, -0.05) is 0 Å². The van der Waals surface area contributed by atoms with Crippen molar-refractivity contribution in [1.29, 1.82) is 0 Å². The van der Waals surface area contributed by atoms with Crippen molar-refractivity contribution < 1.29 is 14.2 Å². The van der Waals surface area contributed by atoms with E-state index in [2.05, 4.69) is 19.9 Å². The van der Waals surface area contributed by atoms with Crippen LogP contribution in [0.3, 0.4) is 0 Å². The monoisotopic (exact) mass is 572 g/mol. The number of anilines is 2. The van der Waals surface area contributed by atoms with Crippen molar-refractivity contribution in [3.8, 4) is 0 Å². The van der Waals surface area contributed by atoms with Crippen LogP contribution in [0.4, 0.5) is 11.9 Å². The molecule has 0 bridgehead atoms. The molecular formula is C24H32N10O7. The third-order valence-electron chi connectivity index (χ3n) is 7.48. The third-order valence-corrected chi connectivity index (χ3v) is 7.48. The van der Waals surface area contributed by atoms with Gasteiger partial charge in [0.05, 0.1) is 39.6 Å². The zero-order valence-electron chi connectivity index (χ0n) is 22.9. The number of aromatic amines is 2. The van der Waals surface area contributed by atoms with E-state index < -0.39 is 22.5 Å². The molecule has 0 unspecified atom stereocenters. The average molecular weight is 573 g/mol. The van der Waals surface area contributed by atoms with E-state index in [0.717, 1.165) is 0 Å². The van der Waals surface area contributed by atoms with Crippen LogP contribution < -0.4 is 32.3 Å². The second-order valence-corrected chi connectivity index (χ2v) is 9.92. The molecule has 6 heterocycles. The molecule has 0 radical (unpaired) electrons. The molecule has 2 aliphatic heterocycles. The number of aromatic nitrogens is 8. The van der Waals surface area contributed by atoms with Crippen LogP contribution >= 0.6 is 0 Å². The SMILES string of the molecule is Cn1c(=O)[nH]c(=O)c2c1nc(N1CCOCC1)n2CCOCCn1c(N2CCOCC2)nc2c1c(=O)[nH]c(=O)n2C. The van der Waals surface area contributed by atoms with Crippen molar-refractivity contribution >= 4 is 34.2 Å². The predicted molar refractivity (Wildman–Crippen MR) is 148 cm³/mol. The standard InChI is InChI=1S/C24H32N10O7/c1-29-17-15(19(35)27-23(29)37)33(21(25-17)31-3-9-39-10-4-31)7-13-41-14-8-34-16-18(30(2)24(38)28-20(16)36)26-22(34)32-5-11-40-12-6-32/h3-14H2,1-2H3,(H,27,35,37)(H,28,36,38). The summed E-state index contributed by atoms with van der Waals surface area (Å²) in [6.07, 6.45) is 0. The molecule has 6 rings (SSSR count). The van der Waals surface area contributed by atoms with E-state index in [9.17, 15) is 19.2 Å². The number of rotatable bonds is 8. The number of hydrogen-bond acceptors (Lipinski definition) is 11. The van der Waals surface area contributed by atoms with Gasteiger partial charge in [-0.3, -0.25) is 28.7 Å². The van der Waals surface area contributed by atoms with E-state index in [1.54, 1.807) is 23.2 Å². The molecule has 17 nitrogen and oxygen atoms in total. The minimum Gasteiger partial charge on any atom is -0.378 e. The van der Waals surface area contributed by atoms with Gasteiger partial charge in [-0.2, -0.15) is 9.97 Å². The average Bonchev–Trinajstić information content (AvgIpc) is 3.56. The first-order valence-corrected chi connectivity index (χ1v) is 13.5. The van der Waals surface area contributed by atoms with E-state index in [1.807, 2.05) is 9.80 Å². The summed E-state index contributed by atoms with van der Waals surface area (Å²) in [5.41, 5.74) is -0.920. The Balaban J connectivity index is 1.25. The number of H-pyrrole nitrogens is 2. The van der Waals surface area contributed by atoms with Crippen LogP contribution in [-0.4, -0.2) is 104 Å². The summed E-state index contributed by atoms with van der Waals surface area (Å²) >= 11 is 0. The number of morpholine rings is 2. The minimum atomic E-state index is -0.534. The molecule has 0 aromatic carbocycles. The van der Waals surface area contributed by atoms with Gasteiger partial charge in [-0.15, -0.1) is 0 Å². The van der Waals surface area contributed by atoms with Crippen molar-refractivity contribution in [3.05, 3.63) is 41.7 Å². The molecule has 0 atom stereocenters. The Morgan fingerprint density at radius 1 is 0.683 bits per heavy atom. The Morgan fingerprint density at radius 3 is 1.46 bits per heavy atom. The first-order valence-electron chi connectivity index (χ1n) is 13.5. The Kier molecular flexibility index (Phi) is 7.22. The molecule has 0 spiro atoms. The lowest BCUT2D eigenvalue weighted by Crippen LogP contribution is -2.38. The number of nitrogens with zero attached hydrogens (tertiary/aromatic N) is 8. The summed E-state index contributed by atoms with van der Waals surface area (Å²) in [5, 5.41) is 0. The lowest BCUT2D eigenvalue weighted by molar-refractivity contribution is 0.114. The lowest BCUT2D eigenvalue weighted by Gasteiger charge is -2.28. The van der Waals surface area contributed by atoms with Crippen molar-refractivity contribution in [2.75, 3.05) is 75.6 Å². The second kappa shape index (κ2) is 11.0. The van der Waals surface area contributed by atoms with Crippen LogP contribution in [0.25, 0.3) is 22.3 Å². The molecule has 0 aliphatic carbocycles. The normalized spacial score (nSPS) is 16.3. The largest absolute Gasteiger partial charge is 0.378 e. The van der Waals surface area contributed by atoms with E-state index in [1.165, 1.54) is 9.13 Å². The smallest absolute Gasteiger partial charge is 0.329 e. The summed E-state index contributed by atoms with van der Waals surface area (Å²) in [4.78, 5) is 68.1. The van der Waals surface area contributed by atoms with E-state index in [4.69, 9.17) is 14.2 Å². The van der Waals surface area contributed by atoms with Gasteiger partial charge in [0.2, 0.25) is 11.9 Å². The van der Waals surface area contributed by atoms with Crippen LogP contribution in [0.1, 0.15) is 0 Å². The minimum absolute atomic E-state index is 0.236. The molecule has 220 valence electrons. The van der Waals surface area contributed by atoms with Crippen molar-refractivity contribution in [2.45, 2.75) is 13.1 Å². The molecule has 2 saturated heterocycles. The maximum Gasteiger partial charge on any atom is 0.329 e. The molecular weight excluding hydrogens is 540 g/mol. The third kappa shape index (κ3) is 4.85. The molecule has 4 aromatic heterocycles. The van der Waals surface area contributed by atoms with Crippen LogP contribution in [0.2, 0.25) is 0 Å². The fraction of sp³-hybridized carbons (Fsp3) is 0.583. The summed E-state index contributed by atoms with van der Waals surface area (Å²) in [6, 6.07) is 0. The van der Waals surface area contributed by atoms with E-state index in [-0.39, 0.29) is 13.2 Å². The highest BCUT2D eigenvalue weighted by atomic mass is 16.5. The molecule has 2 N–H and O–H groups in total. The number of fused-ring (bicyclic) bond motifs is 2. The van der Waals surface area contributed by atoms with Gasteiger partial charge in [0.15, 0.2) is 22.3 Å².